The average molecular weight is 360 g/mol. The van der Waals surface area contributed by atoms with Crippen molar-refractivity contribution >= 4 is 44.0 Å². The molecule has 24 heavy (non-hydrogen) atoms. The molecule has 0 amide bonds. The maximum Gasteiger partial charge on any atom is 0.311 e. The number of hydrogen-bond donors (Lipinski definition) is 0. The predicted octanol–water partition coefficient (Wildman–Crippen LogP) is 3.34. The highest BCUT2D eigenvalue weighted by Gasteiger charge is 2.32. The smallest absolute Gasteiger partial charge is 0.311 e. The van der Waals surface area contributed by atoms with Gasteiger partial charge < -0.3 is 14.4 Å². The third kappa shape index (κ3) is 2.97. The van der Waals surface area contributed by atoms with Crippen LogP contribution in [0.3, 0.4) is 0 Å². The molecule has 1 fully saturated rings. The lowest BCUT2D eigenvalue weighted by atomic mass is 10.2. The van der Waals surface area contributed by atoms with E-state index in [9.17, 15) is 4.79 Å². The molecule has 0 aliphatic carbocycles. The summed E-state index contributed by atoms with van der Waals surface area (Å²) in [5, 5.41) is 2.91. The van der Waals surface area contributed by atoms with E-state index in [4.69, 9.17) is 9.47 Å². The first-order valence-corrected chi connectivity index (χ1v) is 9.33. The molecule has 2 aromatic heterocycles. The average Bonchev–Trinajstić information content (AvgIpc) is 3.18. The molecule has 4 rings (SSSR count). The Morgan fingerprint density at radius 2 is 2.21 bits per heavy atom. The lowest BCUT2D eigenvalue weighted by Crippen LogP contribution is -2.53. The highest BCUT2D eigenvalue weighted by Crippen LogP contribution is 2.35. The SMILES string of the molecule is COc1cccc2sc(N3CC(OC(=O)Cc4cccs4)C3)nc12. The van der Waals surface area contributed by atoms with Gasteiger partial charge in [-0.1, -0.05) is 23.5 Å². The third-order valence-electron chi connectivity index (χ3n) is 3.91. The molecule has 5 nitrogen and oxygen atoms in total. The number of carbonyl (C=O) groups is 1. The van der Waals surface area contributed by atoms with Gasteiger partial charge in [-0.3, -0.25) is 4.79 Å². The van der Waals surface area contributed by atoms with Crippen LogP contribution < -0.4 is 9.64 Å². The molecule has 3 aromatic rings. The first-order valence-electron chi connectivity index (χ1n) is 7.63. The molecule has 0 atom stereocenters. The second kappa shape index (κ2) is 6.41. The number of methoxy groups -OCH3 is 1. The number of thiophene rings is 1. The van der Waals surface area contributed by atoms with Gasteiger partial charge in [-0.2, -0.15) is 0 Å². The van der Waals surface area contributed by atoms with Crippen molar-refractivity contribution < 1.29 is 14.3 Å². The van der Waals surface area contributed by atoms with E-state index in [1.54, 1.807) is 29.8 Å². The number of fused-ring (bicyclic) bond motifs is 1. The van der Waals surface area contributed by atoms with Crippen molar-refractivity contribution in [1.29, 1.82) is 0 Å². The van der Waals surface area contributed by atoms with Gasteiger partial charge >= 0.3 is 5.97 Å². The molecule has 124 valence electrons. The highest BCUT2D eigenvalue weighted by molar-refractivity contribution is 7.22. The number of hydrogen-bond acceptors (Lipinski definition) is 7. The minimum atomic E-state index is -0.159. The summed E-state index contributed by atoms with van der Waals surface area (Å²) in [6.45, 7) is 1.39. The molecular weight excluding hydrogens is 344 g/mol. The van der Waals surface area contributed by atoms with Crippen LogP contribution in [-0.2, 0) is 16.0 Å². The van der Waals surface area contributed by atoms with Crippen LogP contribution in [-0.4, -0.2) is 37.3 Å². The van der Waals surface area contributed by atoms with Gasteiger partial charge in [-0.15, -0.1) is 11.3 Å². The van der Waals surface area contributed by atoms with E-state index in [0.717, 1.165) is 26.0 Å². The molecule has 0 unspecified atom stereocenters. The van der Waals surface area contributed by atoms with Crippen molar-refractivity contribution in [3.05, 3.63) is 40.6 Å². The van der Waals surface area contributed by atoms with E-state index in [0.29, 0.717) is 19.5 Å². The lowest BCUT2D eigenvalue weighted by Gasteiger charge is -2.38. The number of rotatable bonds is 5. The quantitative estimate of drug-likeness (QED) is 0.653. The third-order valence-corrected chi connectivity index (χ3v) is 5.86. The van der Waals surface area contributed by atoms with Gasteiger partial charge in [0.25, 0.3) is 0 Å². The Balaban J connectivity index is 1.36. The summed E-state index contributed by atoms with van der Waals surface area (Å²) in [7, 11) is 1.65. The summed E-state index contributed by atoms with van der Waals surface area (Å²) >= 11 is 3.21. The van der Waals surface area contributed by atoms with Crippen molar-refractivity contribution in [2.24, 2.45) is 0 Å². The molecule has 0 N–H and O–H groups in total. The zero-order chi connectivity index (χ0) is 16.5. The summed E-state index contributed by atoms with van der Waals surface area (Å²) in [6.07, 6.45) is 0.304. The summed E-state index contributed by atoms with van der Waals surface area (Å²) < 4.78 is 12.0. The number of thiazole rings is 1. The fourth-order valence-corrected chi connectivity index (χ4v) is 4.35. The van der Waals surface area contributed by atoms with Crippen LogP contribution in [0.15, 0.2) is 35.7 Å². The zero-order valence-corrected chi connectivity index (χ0v) is 14.7. The maximum atomic E-state index is 11.9. The molecule has 0 bridgehead atoms. The van der Waals surface area contributed by atoms with Crippen LogP contribution in [0.1, 0.15) is 4.88 Å². The fourth-order valence-electron chi connectivity index (χ4n) is 2.66. The predicted molar refractivity (Wildman–Crippen MR) is 96.3 cm³/mol. The molecule has 0 saturated carbocycles. The summed E-state index contributed by atoms with van der Waals surface area (Å²) in [6, 6.07) is 9.82. The minimum absolute atomic E-state index is 0.0497. The summed E-state index contributed by atoms with van der Waals surface area (Å²) in [5.41, 5.74) is 0.887. The molecule has 1 aromatic carbocycles. The largest absolute Gasteiger partial charge is 0.494 e. The molecule has 0 radical (unpaired) electrons. The van der Waals surface area contributed by atoms with Crippen LogP contribution in [0.5, 0.6) is 5.75 Å². The number of aromatic nitrogens is 1. The van der Waals surface area contributed by atoms with E-state index in [2.05, 4.69) is 9.88 Å². The molecule has 7 heteroatoms. The molecule has 0 spiro atoms. The Morgan fingerprint density at radius 3 is 2.96 bits per heavy atom. The normalized spacial score (nSPS) is 14.6. The summed E-state index contributed by atoms with van der Waals surface area (Å²) in [4.78, 5) is 19.7. The van der Waals surface area contributed by atoms with Crippen LogP contribution in [0.4, 0.5) is 5.13 Å². The van der Waals surface area contributed by atoms with Crippen LogP contribution in [0.25, 0.3) is 10.2 Å². The number of ether oxygens (including phenoxy) is 2. The van der Waals surface area contributed by atoms with E-state index in [1.807, 2.05) is 35.7 Å². The van der Waals surface area contributed by atoms with E-state index in [-0.39, 0.29) is 12.1 Å². The number of carbonyl (C=O) groups excluding carboxylic acids is 1. The van der Waals surface area contributed by atoms with Gasteiger partial charge in [0.1, 0.15) is 17.4 Å². The van der Waals surface area contributed by atoms with E-state index in [1.165, 1.54) is 0 Å². The standard InChI is InChI=1S/C17H16N2O3S2/c1-21-13-5-2-6-14-16(13)18-17(24-14)19-9-11(10-19)22-15(20)8-12-4-3-7-23-12/h2-7,11H,8-10H2,1H3. The van der Waals surface area contributed by atoms with Crippen LogP contribution >= 0.6 is 22.7 Å². The van der Waals surface area contributed by atoms with Crippen LogP contribution in [0, 0.1) is 0 Å². The first-order chi connectivity index (χ1) is 11.7. The molecule has 1 aliphatic rings. The molecule has 1 aliphatic heterocycles. The zero-order valence-electron chi connectivity index (χ0n) is 13.1. The first kappa shape index (κ1) is 15.4. The second-order valence-electron chi connectivity index (χ2n) is 5.58. The molecule has 3 heterocycles. The number of anilines is 1. The monoisotopic (exact) mass is 360 g/mol. The number of nitrogens with zero attached hydrogens (tertiary/aromatic N) is 2. The number of para-hydroxylation sites is 1. The van der Waals surface area contributed by atoms with Crippen molar-refractivity contribution in [3.63, 3.8) is 0 Å². The highest BCUT2D eigenvalue weighted by atomic mass is 32.1. The van der Waals surface area contributed by atoms with Gasteiger partial charge in [0, 0.05) is 4.88 Å². The van der Waals surface area contributed by atoms with Crippen molar-refractivity contribution in [1.82, 2.24) is 4.98 Å². The van der Waals surface area contributed by atoms with Crippen molar-refractivity contribution in [2.45, 2.75) is 12.5 Å². The number of esters is 1. The fraction of sp³-hybridized carbons (Fsp3) is 0.294. The van der Waals surface area contributed by atoms with Crippen LogP contribution in [0.2, 0.25) is 0 Å². The van der Waals surface area contributed by atoms with Crippen molar-refractivity contribution in [3.8, 4) is 5.75 Å². The molecular formula is C17H16N2O3S2. The van der Waals surface area contributed by atoms with Gasteiger partial charge in [-0.05, 0) is 23.6 Å². The molecule has 1 saturated heterocycles. The van der Waals surface area contributed by atoms with Gasteiger partial charge in [0.2, 0.25) is 0 Å². The Kier molecular flexibility index (Phi) is 4.12. The topological polar surface area (TPSA) is 51.7 Å². The summed E-state index contributed by atoms with van der Waals surface area (Å²) in [5.74, 6) is 0.627. The van der Waals surface area contributed by atoms with Gasteiger partial charge in [0.05, 0.1) is 31.3 Å². The Hall–Kier alpha value is -2.12. The Labute approximate surface area is 147 Å². The van der Waals surface area contributed by atoms with Gasteiger partial charge in [-0.25, -0.2) is 4.98 Å². The minimum Gasteiger partial charge on any atom is -0.494 e. The van der Waals surface area contributed by atoms with E-state index >= 15 is 0 Å². The van der Waals surface area contributed by atoms with Gasteiger partial charge in [0.15, 0.2) is 5.13 Å². The second-order valence-corrected chi connectivity index (χ2v) is 7.62. The Morgan fingerprint density at radius 1 is 1.33 bits per heavy atom. The maximum absolute atomic E-state index is 11.9. The lowest BCUT2D eigenvalue weighted by molar-refractivity contribution is -0.149. The van der Waals surface area contributed by atoms with Crippen molar-refractivity contribution in [2.75, 3.05) is 25.1 Å². The Bertz CT molecular complexity index is 854. The number of benzene rings is 1. The van der Waals surface area contributed by atoms with E-state index < -0.39 is 0 Å².